The number of alkyl carbamates (subject to hydrolysis) is 3. The van der Waals surface area contributed by atoms with E-state index in [1.807, 2.05) is 30.3 Å². The number of carbonyl (C=O) groups excluding carboxylic acids is 4. The summed E-state index contributed by atoms with van der Waals surface area (Å²) < 4.78 is 56.0. The number of aliphatic imine (C=N–C) groups is 1. The molecule has 2 aromatic rings. The van der Waals surface area contributed by atoms with Crippen LogP contribution in [0.15, 0.2) is 52.4 Å². The highest BCUT2D eigenvalue weighted by molar-refractivity contribution is 7.99. The Morgan fingerprint density at radius 3 is 1.74 bits per heavy atom. The molecule has 0 radical (unpaired) electrons. The van der Waals surface area contributed by atoms with Crippen molar-refractivity contribution in [2.24, 2.45) is 4.99 Å². The Morgan fingerprint density at radius 1 is 0.759 bits per heavy atom. The van der Waals surface area contributed by atoms with Crippen LogP contribution in [0, 0.1) is 0 Å². The minimum absolute atomic E-state index is 0.0659. The SMILES string of the molecule is CC(C)(C)OC(=O)NCCSc1c(N)cc(C(F)(F)F)cc1NC(=O)CCCCN=C(NC(=O)OC(C)(C)C)NC(=O)OC(C)(C)C.Nc1ccccc1. The second-order valence-corrected chi connectivity index (χ2v) is 15.7. The second kappa shape index (κ2) is 21.1. The van der Waals surface area contributed by atoms with Crippen LogP contribution in [0.5, 0.6) is 0 Å². The second-order valence-electron chi connectivity index (χ2n) is 14.6. The first-order valence-electron chi connectivity index (χ1n) is 17.0. The molecule has 2 aromatic carbocycles. The highest BCUT2D eigenvalue weighted by atomic mass is 32.2. The van der Waals surface area contributed by atoms with E-state index >= 15 is 0 Å². The lowest BCUT2D eigenvalue weighted by Crippen LogP contribution is -2.47. The van der Waals surface area contributed by atoms with Gasteiger partial charge in [-0.05, 0) is 99.4 Å². The third kappa shape index (κ3) is 22.3. The van der Waals surface area contributed by atoms with Gasteiger partial charge in [0.1, 0.15) is 16.8 Å². The van der Waals surface area contributed by atoms with E-state index in [9.17, 15) is 32.3 Å². The molecule has 0 bridgehead atoms. The van der Waals surface area contributed by atoms with Crippen LogP contribution in [0.2, 0.25) is 0 Å². The highest BCUT2D eigenvalue weighted by Crippen LogP contribution is 2.39. The molecular weight excluding hydrogens is 731 g/mol. The maximum atomic E-state index is 13.5. The van der Waals surface area contributed by atoms with Crippen LogP contribution in [0.4, 0.5) is 44.6 Å². The quantitative estimate of drug-likeness (QED) is 0.0346. The van der Waals surface area contributed by atoms with Gasteiger partial charge in [-0.2, -0.15) is 13.2 Å². The molecule has 0 heterocycles. The number of ether oxygens (including phenoxy) is 3. The third-order valence-electron chi connectivity index (χ3n) is 5.86. The Bertz CT molecular complexity index is 1540. The number of anilines is 3. The Balaban J connectivity index is 0.00000185. The van der Waals surface area contributed by atoms with Crippen molar-refractivity contribution >= 4 is 59.0 Å². The number of thioether (sulfide) groups is 1. The lowest BCUT2D eigenvalue weighted by molar-refractivity contribution is -0.137. The van der Waals surface area contributed by atoms with Crippen LogP contribution in [0.3, 0.4) is 0 Å². The molecule has 0 aliphatic rings. The van der Waals surface area contributed by atoms with Gasteiger partial charge in [0.15, 0.2) is 0 Å². The molecule has 2 rings (SSSR count). The first kappa shape index (κ1) is 47.2. The van der Waals surface area contributed by atoms with Gasteiger partial charge in [0.05, 0.1) is 16.1 Å². The van der Waals surface area contributed by atoms with Crippen LogP contribution >= 0.6 is 11.8 Å². The summed E-state index contributed by atoms with van der Waals surface area (Å²) in [6.45, 7) is 15.3. The largest absolute Gasteiger partial charge is 0.444 e. The lowest BCUT2D eigenvalue weighted by Gasteiger charge is -2.22. The van der Waals surface area contributed by atoms with Gasteiger partial charge in [0.2, 0.25) is 11.9 Å². The zero-order valence-corrected chi connectivity index (χ0v) is 33.1. The van der Waals surface area contributed by atoms with Crippen molar-refractivity contribution in [2.45, 2.75) is 109 Å². The van der Waals surface area contributed by atoms with Gasteiger partial charge < -0.3 is 36.3 Å². The van der Waals surface area contributed by atoms with E-state index in [0.717, 1.165) is 29.6 Å². The molecule has 0 saturated carbocycles. The fourth-order valence-corrected chi connectivity index (χ4v) is 4.75. The summed E-state index contributed by atoms with van der Waals surface area (Å²) >= 11 is 1.06. The summed E-state index contributed by atoms with van der Waals surface area (Å²) in [4.78, 5) is 53.4. The monoisotopic (exact) mass is 785 g/mol. The predicted octanol–water partition coefficient (Wildman–Crippen LogP) is 7.69. The number of benzene rings is 2. The Hall–Kier alpha value is -4.87. The number of nitrogens with one attached hydrogen (secondary N) is 4. The van der Waals surface area contributed by atoms with Crippen LogP contribution in [-0.4, -0.2) is 65.8 Å². The topological polar surface area (TPSA) is 208 Å². The molecule has 0 aliphatic heterocycles. The predicted molar refractivity (Wildman–Crippen MR) is 205 cm³/mol. The maximum Gasteiger partial charge on any atom is 0.416 e. The van der Waals surface area contributed by atoms with Crippen molar-refractivity contribution < 1.29 is 46.6 Å². The van der Waals surface area contributed by atoms with E-state index in [1.54, 1.807) is 62.3 Å². The van der Waals surface area contributed by atoms with Gasteiger partial charge >= 0.3 is 24.5 Å². The average Bonchev–Trinajstić information content (AvgIpc) is 2.97. The van der Waals surface area contributed by atoms with E-state index in [4.69, 9.17) is 25.7 Å². The molecule has 0 unspecified atom stereocenters. The number of hydrogen-bond acceptors (Lipinski definition) is 11. The lowest BCUT2D eigenvalue weighted by atomic mass is 10.1. The molecule has 18 heteroatoms. The number of guanidine groups is 1. The number of nitrogen functional groups attached to an aromatic ring is 2. The summed E-state index contributed by atoms with van der Waals surface area (Å²) in [5.74, 6) is -0.562. The van der Waals surface area contributed by atoms with Crippen molar-refractivity contribution in [3.63, 3.8) is 0 Å². The first-order valence-corrected chi connectivity index (χ1v) is 18.0. The third-order valence-corrected chi connectivity index (χ3v) is 7.01. The zero-order chi connectivity index (χ0) is 41.3. The van der Waals surface area contributed by atoms with Crippen LogP contribution in [0.25, 0.3) is 0 Å². The molecule has 0 saturated heterocycles. The number of carbonyl (C=O) groups is 4. The molecule has 4 amide bonds. The van der Waals surface area contributed by atoms with E-state index in [0.29, 0.717) is 6.42 Å². The number of hydrogen-bond donors (Lipinski definition) is 6. The van der Waals surface area contributed by atoms with E-state index in [1.165, 1.54) is 0 Å². The number of amides is 4. The van der Waals surface area contributed by atoms with Crippen LogP contribution in [-0.2, 0) is 25.2 Å². The Kier molecular flexibility index (Phi) is 18.4. The van der Waals surface area contributed by atoms with Gasteiger partial charge in [-0.1, -0.05) is 18.2 Å². The average molecular weight is 786 g/mol. The molecule has 14 nitrogen and oxygen atoms in total. The van der Waals surface area contributed by atoms with Crippen LogP contribution < -0.4 is 32.7 Å². The molecule has 0 aliphatic carbocycles. The number of rotatable bonds is 10. The fourth-order valence-electron chi connectivity index (χ4n) is 3.85. The zero-order valence-electron chi connectivity index (χ0n) is 32.3. The highest BCUT2D eigenvalue weighted by Gasteiger charge is 2.32. The van der Waals surface area contributed by atoms with E-state index in [-0.39, 0.29) is 53.9 Å². The normalized spacial score (nSPS) is 11.6. The van der Waals surface area contributed by atoms with Gasteiger partial charge in [-0.15, -0.1) is 11.8 Å². The van der Waals surface area contributed by atoms with Crippen LogP contribution in [0.1, 0.15) is 87.1 Å². The van der Waals surface area contributed by atoms with E-state index in [2.05, 4.69) is 26.3 Å². The number of halogens is 3. The number of para-hydroxylation sites is 1. The summed E-state index contributed by atoms with van der Waals surface area (Å²) in [5, 5.41) is 9.76. The van der Waals surface area contributed by atoms with Crippen molar-refractivity contribution in [1.82, 2.24) is 16.0 Å². The first-order chi connectivity index (χ1) is 24.7. The Labute approximate surface area is 319 Å². The number of nitrogens with zero attached hydrogens (tertiary/aromatic N) is 1. The number of alkyl halides is 3. The van der Waals surface area contributed by atoms with Crippen molar-refractivity contribution in [3.05, 3.63) is 48.0 Å². The maximum absolute atomic E-state index is 13.5. The number of unbranched alkanes of at least 4 members (excludes halogenated alkanes) is 1. The molecule has 0 fully saturated rings. The minimum Gasteiger partial charge on any atom is -0.444 e. The van der Waals surface area contributed by atoms with E-state index < -0.39 is 52.7 Å². The molecule has 54 heavy (non-hydrogen) atoms. The molecule has 302 valence electrons. The fraction of sp³-hybridized carbons (Fsp3) is 0.528. The van der Waals surface area contributed by atoms with Crippen molar-refractivity contribution in [2.75, 3.05) is 35.6 Å². The summed E-state index contributed by atoms with van der Waals surface area (Å²) in [6, 6.07) is 11.1. The summed E-state index contributed by atoms with van der Waals surface area (Å²) in [5.41, 5.74) is 8.47. The summed E-state index contributed by atoms with van der Waals surface area (Å²) in [7, 11) is 0. The van der Waals surface area contributed by atoms with Crippen molar-refractivity contribution in [3.8, 4) is 0 Å². The smallest absolute Gasteiger partial charge is 0.416 e. The van der Waals surface area contributed by atoms with Gasteiger partial charge in [0.25, 0.3) is 0 Å². The molecular formula is C36H54F3N7O7S. The molecule has 8 N–H and O–H groups in total. The standard InChI is InChI=1S/C30H47F3N6O7S.C6H7N/c1-27(2,3)44-24(41)36-14-15-47-22-19(34)16-18(30(31,32)33)17-20(22)37-21(40)12-10-11-13-35-23(38-25(42)45-28(4,5)6)39-26(43)46-29(7,8)9;7-6-4-2-1-3-5-6/h16-17H,10-15,34H2,1-9H3,(H,36,41)(H,37,40)(H2,35,38,39,42,43);1-5H,7H2. The van der Waals surface area contributed by atoms with Gasteiger partial charge in [-0.25, -0.2) is 14.4 Å². The van der Waals surface area contributed by atoms with Gasteiger partial charge in [-0.3, -0.25) is 20.4 Å². The molecule has 0 aromatic heterocycles. The van der Waals surface area contributed by atoms with Gasteiger partial charge in [0, 0.05) is 36.6 Å². The summed E-state index contributed by atoms with van der Waals surface area (Å²) in [6.07, 6.45) is -6.58. The Morgan fingerprint density at radius 2 is 1.28 bits per heavy atom. The number of nitrogens with two attached hydrogens (primary N) is 2. The molecule has 0 spiro atoms. The minimum atomic E-state index is -4.70. The molecule has 0 atom stereocenters. The van der Waals surface area contributed by atoms with Crippen molar-refractivity contribution in [1.29, 1.82) is 0 Å².